The zero-order chi connectivity index (χ0) is 28.0. The molecule has 1 aromatic heterocycles. The van der Waals surface area contributed by atoms with Crippen molar-refractivity contribution in [3.8, 4) is 23.1 Å². The first-order valence-electron chi connectivity index (χ1n) is 12.8. The maximum absolute atomic E-state index is 13.5. The molecule has 0 spiro atoms. The first-order valence-corrected chi connectivity index (χ1v) is 13.2. The fourth-order valence-electron chi connectivity index (χ4n) is 4.47. The minimum Gasteiger partial charge on any atom is -0.454 e. The van der Waals surface area contributed by atoms with Crippen LogP contribution in [0.3, 0.4) is 0 Å². The smallest absolute Gasteiger partial charge is 0.257 e. The van der Waals surface area contributed by atoms with Gasteiger partial charge in [0, 0.05) is 35.9 Å². The summed E-state index contributed by atoms with van der Waals surface area (Å²) >= 11 is 5.87. The van der Waals surface area contributed by atoms with Gasteiger partial charge in [-0.3, -0.25) is 14.4 Å². The molecule has 0 atom stereocenters. The number of rotatable bonds is 9. The van der Waals surface area contributed by atoms with Gasteiger partial charge in [0.05, 0.1) is 0 Å². The summed E-state index contributed by atoms with van der Waals surface area (Å²) in [5.41, 5.74) is -0.497. The zero-order valence-corrected chi connectivity index (χ0v) is 22.3. The molecule has 1 fully saturated rings. The molecule has 40 heavy (non-hydrogen) atoms. The highest BCUT2D eigenvalue weighted by atomic mass is 35.5. The van der Waals surface area contributed by atoms with Crippen molar-refractivity contribution in [3.05, 3.63) is 76.9 Å². The van der Waals surface area contributed by atoms with Crippen molar-refractivity contribution in [1.82, 2.24) is 26.3 Å². The second-order valence-electron chi connectivity index (χ2n) is 9.28. The summed E-state index contributed by atoms with van der Waals surface area (Å²) < 4.78 is 16.6. The molecule has 2 aliphatic rings. The lowest BCUT2D eigenvalue weighted by atomic mass is 9.86. The molecular weight excluding hydrogens is 538 g/mol. The predicted molar refractivity (Wildman–Crippen MR) is 146 cm³/mol. The molecule has 0 aliphatic carbocycles. The Morgan fingerprint density at radius 2 is 1.70 bits per heavy atom. The van der Waals surface area contributed by atoms with Gasteiger partial charge in [0.15, 0.2) is 11.5 Å². The first kappa shape index (κ1) is 27.2. The van der Waals surface area contributed by atoms with Crippen LogP contribution in [0.4, 0.5) is 0 Å². The zero-order valence-electron chi connectivity index (χ0n) is 21.5. The van der Waals surface area contributed by atoms with Crippen LogP contribution in [0, 0.1) is 0 Å². The van der Waals surface area contributed by atoms with Gasteiger partial charge in [-0.25, -0.2) is 4.98 Å². The SMILES string of the molecule is O=C(NCCNC(=O)C1(NC(=O)c2cccnc2Oc2ccc3c(c2)OCO3)CCNCC1)c1ccc(Cl)cc1. The van der Waals surface area contributed by atoms with Crippen molar-refractivity contribution in [2.24, 2.45) is 0 Å². The Morgan fingerprint density at radius 3 is 2.50 bits per heavy atom. The van der Waals surface area contributed by atoms with Crippen LogP contribution in [0.25, 0.3) is 0 Å². The largest absolute Gasteiger partial charge is 0.454 e. The lowest BCUT2D eigenvalue weighted by molar-refractivity contribution is -0.128. The van der Waals surface area contributed by atoms with E-state index >= 15 is 0 Å². The lowest BCUT2D eigenvalue weighted by Crippen LogP contribution is -2.63. The van der Waals surface area contributed by atoms with E-state index in [4.69, 9.17) is 25.8 Å². The third kappa shape index (κ3) is 6.27. The summed E-state index contributed by atoms with van der Waals surface area (Å²) in [7, 11) is 0. The van der Waals surface area contributed by atoms with Crippen LogP contribution in [0.2, 0.25) is 5.02 Å². The second-order valence-corrected chi connectivity index (χ2v) is 9.71. The highest BCUT2D eigenvalue weighted by molar-refractivity contribution is 6.30. The van der Waals surface area contributed by atoms with E-state index in [1.54, 1.807) is 54.6 Å². The number of benzene rings is 2. The maximum atomic E-state index is 13.5. The number of carbonyl (C=O) groups is 3. The highest BCUT2D eigenvalue weighted by Crippen LogP contribution is 2.36. The number of carbonyl (C=O) groups excluding carboxylic acids is 3. The van der Waals surface area contributed by atoms with E-state index in [0.717, 1.165) is 0 Å². The summed E-state index contributed by atoms with van der Waals surface area (Å²) in [6.07, 6.45) is 2.30. The molecule has 4 N–H and O–H groups in total. The van der Waals surface area contributed by atoms with E-state index in [9.17, 15) is 14.4 Å². The molecule has 1 saturated heterocycles. The summed E-state index contributed by atoms with van der Waals surface area (Å²) in [6.45, 7) is 1.63. The van der Waals surface area contributed by atoms with Crippen LogP contribution in [0.5, 0.6) is 23.1 Å². The highest BCUT2D eigenvalue weighted by Gasteiger charge is 2.41. The average Bonchev–Trinajstić information content (AvgIpc) is 3.44. The van der Waals surface area contributed by atoms with Gasteiger partial charge in [-0.05, 0) is 74.5 Å². The van der Waals surface area contributed by atoms with Crippen LogP contribution < -0.4 is 35.5 Å². The van der Waals surface area contributed by atoms with E-state index < -0.39 is 11.4 Å². The van der Waals surface area contributed by atoms with Crippen LogP contribution in [0.15, 0.2) is 60.8 Å². The van der Waals surface area contributed by atoms with Gasteiger partial charge in [0.2, 0.25) is 18.6 Å². The van der Waals surface area contributed by atoms with Crippen molar-refractivity contribution in [2.75, 3.05) is 33.0 Å². The minimum absolute atomic E-state index is 0.0910. The quantitative estimate of drug-likeness (QED) is 0.290. The summed E-state index contributed by atoms with van der Waals surface area (Å²) in [6, 6.07) is 14.8. The van der Waals surface area contributed by atoms with Crippen LogP contribution in [0.1, 0.15) is 33.6 Å². The molecule has 3 heterocycles. The number of halogens is 1. The molecule has 0 unspecified atom stereocenters. The van der Waals surface area contributed by atoms with Gasteiger partial charge in [-0.2, -0.15) is 0 Å². The molecule has 0 radical (unpaired) electrons. The monoisotopic (exact) mass is 565 g/mol. The number of aromatic nitrogens is 1. The Morgan fingerprint density at radius 1 is 0.950 bits per heavy atom. The molecule has 5 rings (SSSR count). The number of amides is 3. The molecule has 2 aliphatic heterocycles. The fraction of sp³-hybridized carbons (Fsp3) is 0.286. The first-order chi connectivity index (χ1) is 19.4. The van der Waals surface area contributed by atoms with E-state index in [2.05, 4.69) is 26.3 Å². The number of fused-ring (bicyclic) bond motifs is 1. The van der Waals surface area contributed by atoms with E-state index in [-0.39, 0.29) is 43.1 Å². The number of nitrogens with one attached hydrogen (secondary N) is 4. The van der Waals surface area contributed by atoms with Gasteiger partial charge in [-0.15, -0.1) is 0 Å². The number of piperidine rings is 1. The Balaban J connectivity index is 1.22. The van der Waals surface area contributed by atoms with Gasteiger partial charge in [0.1, 0.15) is 16.9 Å². The normalized spacial score (nSPS) is 15.1. The van der Waals surface area contributed by atoms with E-state index in [1.165, 1.54) is 6.20 Å². The third-order valence-corrected chi connectivity index (χ3v) is 6.87. The van der Waals surface area contributed by atoms with E-state index in [1.807, 2.05) is 0 Å². The van der Waals surface area contributed by atoms with Gasteiger partial charge in [-0.1, -0.05) is 11.6 Å². The van der Waals surface area contributed by atoms with Gasteiger partial charge < -0.3 is 35.5 Å². The summed E-state index contributed by atoms with van der Waals surface area (Å²) in [5.74, 6) is 0.564. The fourth-order valence-corrected chi connectivity index (χ4v) is 4.59. The Labute approximate surface area is 235 Å². The van der Waals surface area contributed by atoms with E-state index in [0.29, 0.717) is 53.8 Å². The number of nitrogens with zero attached hydrogens (tertiary/aromatic N) is 1. The molecule has 0 saturated carbocycles. The molecule has 3 aromatic rings. The summed E-state index contributed by atoms with van der Waals surface area (Å²) in [4.78, 5) is 43.4. The molecule has 11 nitrogen and oxygen atoms in total. The van der Waals surface area contributed by atoms with Crippen molar-refractivity contribution >= 4 is 29.3 Å². The molecule has 0 bridgehead atoms. The van der Waals surface area contributed by atoms with Gasteiger partial charge >= 0.3 is 0 Å². The Kier molecular flexibility index (Phi) is 8.32. The van der Waals surface area contributed by atoms with Crippen molar-refractivity contribution in [3.63, 3.8) is 0 Å². The number of hydrogen-bond donors (Lipinski definition) is 4. The molecule has 3 amide bonds. The number of ether oxygens (including phenoxy) is 3. The van der Waals surface area contributed by atoms with Gasteiger partial charge in [0.25, 0.3) is 11.8 Å². The maximum Gasteiger partial charge on any atom is 0.257 e. The molecular formula is C28H28ClN5O6. The summed E-state index contributed by atoms with van der Waals surface area (Å²) in [5, 5.41) is 12.3. The minimum atomic E-state index is -1.14. The Bertz CT molecular complexity index is 1390. The van der Waals surface area contributed by atoms with Crippen molar-refractivity contribution in [2.45, 2.75) is 18.4 Å². The topological polar surface area (TPSA) is 140 Å². The third-order valence-electron chi connectivity index (χ3n) is 6.62. The van der Waals surface area contributed by atoms with Crippen LogP contribution in [-0.4, -0.2) is 61.2 Å². The molecule has 2 aromatic carbocycles. The number of hydrogen-bond acceptors (Lipinski definition) is 8. The lowest BCUT2D eigenvalue weighted by Gasteiger charge is -2.37. The van der Waals surface area contributed by atoms with Crippen LogP contribution in [-0.2, 0) is 4.79 Å². The number of pyridine rings is 1. The van der Waals surface area contributed by atoms with Crippen LogP contribution >= 0.6 is 11.6 Å². The molecule has 12 heteroatoms. The molecule has 208 valence electrons. The average molecular weight is 566 g/mol. The predicted octanol–water partition coefficient (Wildman–Crippen LogP) is 2.65. The van der Waals surface area contributed by atoms with Crippen molar-refractivity contribution < 1.29 is 28.6 Å². The Hall–Kier alpha value is -4.35. The van der Waals surface area contributed by atoms with Crippen molar-refractivity contribution in [1.29, 1.82) is 0 Å². The second kappa shape index (κ2) is 12.2. The standard InChI is InChI=1S/C28H28ClN5O6/c29-19-5-3-18(4-6-19)24(35)31-14-15-33-27(37)28(9-12-30-13-10-28)34-25(36)21-2-1-11-32-26(21)40-20-7-8-22-23(16-20)39-17-38-22/h1-8,11,16,30H,9-10,12-15,17H2,(H,31,35)(H,33,37)(H,34,36).